The largest absolute Gasteiger partial charge is 0.493 e. The maximum atomic E-state index is 12.9. The van der Waals surface area contributed by atoms with Gasteiger partial charge in [-0.15, -0.1) is 22.7 Å². The van der Waals surface area contributed by atoms with E-state index < -0.39 is 0 Å². The van der Waals surface area contributed by atoms with Crippen LogP contribution in [0, 0.1) is 0 Å². The summed E-state index contributed by atoms with van der Waals surface area (Å²) in [7, 11) is 0. The Bertz CT molecular complexity index is 2330. The molecule has 2 aromatic heterocycles. The molecule has 12 nitrogen and oxygen atoms in total. The molecule has 2 saturated heterocycles. The van der Waals surface area contributed by atoms with Crippen molar-refractivity contribution in [2.75, 3.05) is 72.9 Å². The highest BCUT2D eigenvalue weighted by Gasteiger charge is 2.24. The third-order valence-electron chi connectivity index (χ3n) is 11.3. The van der Waals surface area contributed by atoms with Crippen molar-refractivity contribution in [1.82, 2.24) is 20.6 Å². The van der Waals surface area contributed by atoms with Crippen molar-refractivity contribution in [2.45, 2.75) is 38.8 Å². The normalized spacial score (nSPS) is 18.0. The second kappa shape index (κ2) is 17.8. The lowest BCUT2D eigenvalue weighted by atomic mass is 10.1. The second-order valence-corrected chi connectivity index (χ2v) is 17.1. The molecule has 0 bridgehead atoms. The van der Waals surface area contributed by atoms with E-state index in [1.54, 1.807) is 0 Å². The van der Waals surface area contributed by atoms with E-state index in [1.165, 1.54) is 33.8 Å². The first-order valence-corrected chi connectivity index (χ1v) is 22.3. The van der Waals surface area contributed by atoms with Crippen LogP contribution in [0.25, 0.3) is 21.1 Å². The smallest absolute Gasteiger partial charge is 0.275 e. The third-order valence-corrected chi connectivity index (χ3v) is 13.1. The van der Waals surface area contributed by atoms with Crippen molar-refractivity contribution >= 4 is 57.2 Å². The molecule has 4 aliphatic heterocycles. The van der Waals surface area contributed by atoms with Crippen molar-refractivity contribution in [2.24, 2.45) is 0 Å². The lowest BCUT2D eigenvalue weighted by Crippen LogP contribution is -2.50. The summed E-state index contributed by atoms with van der Waals surface area (Å²) in [5, 5.41) is 18.3. The van der Waals surface area contributed by atoms with Gasteiger partial charge in [-0.1, -0.05) is 24.3 Å². The lowest BCUT2D eigenvalue weighted by Gasteiger charge is -2.37. The van der Waals surface area contributed by atoms with Gasteiger partial charge in [0.05, 0.1) is 36.0 Å². The van der Waals surface area contributed by atoms with Crippen LogP contribution in [0.2, 0.25) is 0 Å². The van der Waals surface area contributed by atoms with Gasteiger partial charge in [-0.3, -0.25) is 9.59 Å². The van der Waals surface area contributed by atoms with E-state index in [0.29, 0.717) is 23.5 Å². The minimum absolute atomic E-state index is 0.183. The van der Waals surface area contributed by atoms with Crippen LogP contribution in [0.3, 0.4) is 0 Å². The van der Waals surface area contributed by atoms with Gasteiger partial charge in [-0.05, 0) is 85.6 Å². The quantitative estimate of drug-likeness (QED) is 0.122. The Balaban J connectivity index is 0.000000154. The van der Waals surface area contributed by atoms with Crippen molar-refractivity contribution in [3.05, 3.63) is 118 Å². The Kier molecular flexibility index (Phi) is 11.8. The number of ether oxygens (including phenoxy) is 2. The molecule has 2 fully saturated rings. The van der Waals surface area contributed by atoms with Crippen LogP contribution in [0.4, 0.5) is 22.7 Å². The highest BCUT2D eigenvalue weighted by Crippen LogP contribution is 2.35. The van der Waals surface area contributed by atoms with Crippen molar-refractivity contribution < 1.29 is 19.1 Å². The molecule has 0 saturated carbocycles. The van der Waals surface area contributed by atoms with E-state index in [4.69, 9.17) is 9.47 Å². The fraction of sp³-hybridized carbons (Fsp3) is 0.304. The van der Waals surface area contributed by atoms with Gasteiger partial charge >= 0.3 is 0 Å². The molecule has 2 atom stereocenters. The number of rotatable bonds is 8. The van der Waals surface area contributed by atoms with Gasteiger partial charge in [-0.25, -0.2) is 9.97 Å². The average molecular weight is 841 g/mol. The van der Waals surface area contributed by atoms with Gasteiger partial charge in [-0.2, -0.15) is 0 Å². The van der Waals surface area contributed by atoms with Crippen molar-refractivity contribution in [3.8, 4) is 32.6 Å². The maximum absolute atomic E-state index is 12.9. The number of thiazole rings is 2. The lowest BCUT2D eigenvalue weighted by molar-refractivity contribution is 0.101. The first-order chi connectivity index (χ1) is 29.4. The average Bonchev–Trinajstić information content (AvgIpc) is 4.12. The van der Waals surface area contributed by atoms with E-state index in [9.17, 15) is 9.59 Å². The number of anilines is 4. The Labute approximate surface area is 358 Å². The molecule has 60 heavy (non-hydrogen) atoms. The van der Waals surface area contributed by atoms with Gasteiger partial charge in [0.1, 0.15) is 32.9 Å². The molecule has 6 aromatic rings. The molecule has 14 heteroatoms. The van der Waals surface area contributed by atoms with Crippen molar-refractivity contribution in [3.63, 3.8) is 0 Å². The van der Waals surface area contributed by atoms with Crippen LogP contribution < -0.4 is 40.5 Å². The van der Waals surface area contributed by atoms with Crippen LogP contribution in [0.15, 0.2) is 95.7 Å². The Morgan fingerprint density at radius 1 is 0.650 bits per heavy atom. The van der Waals surface area contributed by atoms with Crippen LogP contribution in [-0.4, -0.2) is 86.3 Å². The molecule has 0 radical (unpaired) electrons. The van der Waals surface area contributed by atoms with Gasteiger partial charge in [0.2, 0.25) is 0 Å². The summed E-state index contributed by atoms with van der Waals surface area (Å²) in [5.41, 5.74) is 9.07. The van der Waals surface area contributed by atoms with Gasteiger partial charge in [0.25, 0.3) is 11.8 Å². The van der Waals surface area contributed by atoms with Crippen LogP contribution in [0.5, 0.6) is 11.5 Å². The van der Waals surface area contributed by atoms with Gasteiger partial charge < -0.3 is 40.5 Å². The molecule has 0 unspecified atom stereocenters. The fourth-order valence-electron chi connectivity index (χ4n) is 8.09. The minimum atomic E-state index is -0.183. The number of fused-ring (bicyclic) bond motifs is 2. The summed E-state index contributed by atoms with van der Waals surface area (Å²) in [4.78, 5) is 39.8. The zero-order valence-electron chi connectivity index (χ0n) is 33.7. The number of piperazine rings is 2. The number of nitrogens with one attached hydrogen (secondary N) is 4. The summed E-state index contributed by atoms with van der Waals surface area (Å²) >= 11 is 2.98. The number of aromatic nitrogens is 2. The molecule has 4 aromatic carbocycles. The molecular formula is C46H48N8O4S2. The molecule has 6 heterocycles. The molecular weight excluding hydrogens is 793 g/mol. The summed E-state index contributed by atoms with van der Waals surface area (Å²) < 4.78 is 11.2. The SMILES string of the molecule is C[C@@H]1CNCCN1c1ccccc1NC(=O)c1csc(-c2ccc3c(c2)CCO3)n1.C[C@H]1CNCCN1c1ccccc1NC(=O)c1csc(-c2ccc3c(c2)CCO3)n1. The number of amides is 2. The number of hydrogen-bond donors (Lipinski definition) is 4. The summed E-state index contributed by atoms with van der Waals surface area (Å²) in [6.07, 6.45) is 1.84. The second-order valence-electron chi connectivity index (χ2n) is 15.4. The highest BCUT2D eigenvalue weighted by atomic mass is 32.1. The summed E-state index contributed by atoms with van der Waals surface area (Å²) in [5.74, 6) is 1.54. The molecule has 2 amide bonds. The summed E-state index contributed by atoms with van der Waals surface area (Å²) in [6, 6.07) is 28.9. The maximum Gasteiger partial charge on any atom is 0.275 e. The summed E-state index contributed by atoms with van der Waals surface area (Å²) in [6.45, 7) is 11.4. The number of hydrogen-bond acceptors (Lipinski definition) is 12. The highest BCUT2D eigenvalue weighted by molar-refractivity contribution is 7.13. The van der Waals surface area contributed by atoms with Gasteiger partial charge in [0, 0.05) is 86.1 Å². The van der Waals surface area contributed by atoms with Crippen LogP contribution in [-0.2, 0) is 12.8 Å². The van der Waals surface area contributed by atoms with Gasteiger partial charge in [0.15, 0.2) is 0 Å². The molecule has 308 valence electrons. The number of benzene rings is 4. The van der Waals surface area contributed by atoms with E-state index in [1.807, 2.05) is 71.4 Å². The fourth-order valence-corrected chi connectivity index (χ4v) is 9.68. The number of para-hydroxylation sites is 4. The third kappa shape index (κ3) is 8.59. The molecule has 0 spiro atoms. The van der Waals surface area contributed by atoms with E-state index in [-0.39, 0.29) is 11.8 Å². The van der Waals surface area contributed by atoms with E-state index in [0.717, 1.165) is 121 Å². The predicted octanol–water partition coefficient (Wildman–Crippen LogP) is 7.59. The zero-order valence-corrected chi connectivity index (χ0v) is 35.3. The van der Waals surface area contributed by atoms with E-state index >= 15 is 0 Å². The molecule has 4 aliphatic rings. The van der Waals surface area contributed by atoms with Crippen LogP contribution in [0.1, 0.15) is 46.0 Å². The zero-order chi connectivity index (χ0) is 41.0. The number of carbonyl (C=O) groups excluding carboxylic acids is 2. The molecule has 0 aliphatic carbocycles. The first-order valence-electron chi connectivity index (χ1n) is 20.6. The Morgan fingerprint density at radius 2 is 1.10 bits per heavy atom. The van der Waals surface area contributed by atoms with E-state index in [2.05, 4.69) is 79.1 Å². The minimum Gasteiger partial charge on any atom is -0.493 e. The standard InChI is InChI=1S/2C23H24N4O2S/c2*1-15-13-24-9-10-27(15)20-5-3-2-4-18(20)25-22(28)19-14-30-23(26-19)17-6-7-21-16(12-17)8-11-29-21/h2*2-7,12,14-15,24H,8-11,13H2,1H3,(H,25,28)/t2*15-/m10/s1. The van der Waals surface area contributed by atoms with Crippen molar-refractivity contribution in [1.29, 1.82) is 0 Å². The molecule has 10 rings (SSSR count). The molecule has 4 N–H and O–H groups in total. The number of nitrogens with zero attached hydrogens (tertiary/aromatic N) is 4. The Hall–Kier alpha value is -5.80. The number of carbonyl (C=O) groups is 2. The monoisotopic (exact) mass is 840 g/mol. The first kappa shape index (κ1) is 39.6. The Morgan fingerprint density at radius 3 is 1.55 bits per heavy atom. The topological polar surface area (TPSA) is 133 Å². The predicted molar refractivity (Wildman–Crippen MR) is 242 cm³/mol. The van der Waals surface area contributed by atoms with Crippen LogP contribution >= 0.6 is 22.7 Å².